The van der Waals surface area contributed by atoms with E-state index in [9.17, 15) is 0 Å². The first-order valence-corrected chi connectivity index (χ1v) is 7.68. The summed E-state index contributed by atoms with van der Waals surface area (Å²) in [6, 6.07) is 0.397. The van der Waals surface area contributed by atoms with Crippen LogP contribution >= 0.6 is 0 Å². The number of unbranched alkanes of at least 4 members (excludes halogenated alkanes) is 1. The van der Waals surface area contributed by atoms with Crippen LogP contribution in [0, 0.1) is 0 Å². The number of hydrogen-bond donors (Lipinski definition) is 1. The van der Waals surface area contributed by atoms with Crippen molar-refractivity contribution in [3.63, 3.8) is 0 Å². The maximum atomic E-state index is 4.72. The number of aliphatic imine (C=N–C) groups is 1. The predicted molar refractivity (Wildman–Crippen MR) is 85.8 cm³/mol. The highest BCUT2D eigenvalue weighted by Crippen LogP contribution is 2.14. The molecule has 1 unspecified atom stereocenters. The molecule has 1 atom stereocenters. The van der Waals surface area contributed by atoms with Crippen LogP contribution in [-0.2, 0) is 0 Å². The number of rotatable bonds is 6. The molecule has 1 aliphatic carbocycles. The Labute approximate surface area is 119 Å². The molecule has 0 heterocycles. The fourth-order valence-electron chi connectivity index (χ4n) is 1.97. The van der Waals surface area contributed by atoms with E-state index < -0.39 is 0 Å². The van der Waals surface area contributed by atoms with Crippen LogP contribution in [0.15, 0.2) is 28.9 Å². The SMILES string of the molecule is CCCC/C(C=NC1C=CCCC1)=C\NC(C)(C)C. The highest BCUT2D eigenvalue weighted by molar-refractivity contribution is 5.78. The second-order valence-electron chi connectivity index (χ2n) is 6.42. The Morgan fingerprint density at radius 3 is 2.79 bits per heavy atom. The summed E-state index contributed by atoms with van der Waals surface area (Å²) < 4.78 is 0. The zero-order chi connectivity index (χ0) is 14.1. The summed E-state index contributed by atoms with van der Waals surface area (Å²) in [6.07, 6.45) is 16.0. The van der Waals surface area contributed by atoms with Crippen LogP contribution in [0.4, 0.5) is 0 Å². The van der Waals surface area contributed by atoms with E-state index in [1.807, 2.05) is 0 Å². The lowest BCUT2D eigenvalue weighted by Gasteiger charge is -2.19. The monoisotopic (exact) mass is 262 g/mol. The van der Waals surface area contributed by atoms with Crippen molar-refractivity contribution in [3.05, 3.63) is 23.9 Å². The summed E-state index contributed by atoms with van der Waals surface area (Å²) in [6.45, 7) is 8.78. The molecular weight excluding hydrogens is 232 g/mol. The normalized spacial score (nSPS) is 21.1. The Kier molecular flexibility index (Phi) is 6.90. The van der Waals surface area contributed by atoms with E-state index in [0.717, 1.165) is 6.42 Å². The van der Waals surface area contributed by atoms with Gasteiger partial charge in [0.15, 0.2) is 0 Å². The molecule has 0 aliphatic heterocycles. The first-order valence-electron chi connectivity index (χ1n) is 7.68. The lowest BCUT2D eigenvalue weighted by atomic mass is 10.0. The van der Waals surface area contributed by atoms with Crippen LogP contribution in [0.2, 0.25) is 0 Å². The molecule has 1 rings (SSSR count). The van der Waals surface area contributed by atoms with Gasteiger partial charge in [0.2, 0.25) is 0 Å². The maximum absolute atomic E-state index is 4.72. The van der Waals surface area contributed by atoms with Gasteiger partial charge in [0, 0.05) is 18.0 Å². The van der Waals surface area contributed by atoms with Crippen LogP contribution in [0.3, 0.4) is 0 Å². The zero-order valence-corrected chi connectivity index (χ0v) is 13.1. The quantitative estimate of drug-likeness (QED) is 0.548. The molecule has 0 amide bonds. The van der Waals surface area contributed by atoms with Crippen LogP contribution in [-0.4, -0.2) is 17.8 Å². The van der Waals surface area contributed by atoms with E-state index >= 15 is 0 Å². The van der Waals surface area contributed by atoms with Gasteiger partial charge < -0.3 is 5.32 Å². The number of nitrogens with one attached hydrogen (secondary N) is 1. The second kappa shape index (κ2) is 8.19. The molecule has 0 aromatic rings. The fourth-order valence-corrected chi connectivity index (χ4v) is 1.97. The van der Waals surface area contributed by atoms with Gasteiger partial charge in [-0.3, -0.25) is 4.99 Å². The Bertz CT molecular complexity index is 332. The van der Waals surface area contributed by atoms with Gasteiger partial charge in [0.1, 0.15) is 0 Å². The molecule has 0 aromatic carbocycles. The van der Waals surface area contributed by atoms with E-state index in [1.54, 1.807) is 0 Å². The van der Waals surface area contributed by atoms with Crippen LogP contribution in [0.1, 0.15) is 66.2 Å². The molecule has 1 N–H and O–H groups in total. The summed E-state index contributed by atoms with van der Waals surface area (Å²) in [4.78, 5) is 4.72. The van der Waals surface area contributed by atoms with E-state index in [1.165, 1.54) is 37.7 Å². The molecule has 0 aromatic heterocycles. The summed E-state index contributed by atoms with van der Waals surface area (Å²) in [7, 11) is 0. The summed E-state index contributed by atoms with van der Waals surface area (Å²) in [5.74, 6) is 0. The topological polar surface area (TPSA) is 24.4 Å². The van der Waals surface area contributed by atoms with Gasteiger partial charge in [0.25, 0.3) is 0 Å². The smallest absolute Gasteiger partial charge is 0.0680 e. The minimum absolute atomic E-state index is 0.121. The van der Waals surface area contributed by atoms with Gasteiger partial charge >= 0.3 is 0 Å². The van der Waals surface area contributed by atoms with E-state index in [4.69, 9.17) is 4.99 Å². The molecule has 0 saturated carbocycles. The third kappa shape index (κ3) is 7.86. The zero-order valence-electron chi connectivity index (χ0n) is 13.1. The van der Waals surface area contributed by atoms with Gasteiger partial charge in [-0.2, -0.15) is 0 Å². The molecule has 0 fully saturated rings. The average molecular weight is 262 g/mol. The van der Waals surface area contributed by atoms with Gasteiger partial charge in [-0.15, -0.1) is 0 Å². The Morgan fingerprint density at radius 2 is 2.21 bits per heavy atom. The van der Waals surface area contributed by atoms with Crippen molar-refractivity contribution in [1.29, 1.82) is 0 Å². The molecule has 19 heavy (non-hydrogen) atoms. The lowest BCUT2D eigenvalue weighted by Crippen LogP contribution is -2.31. The van der Waals surface area contributed by atoms with Crippen molar-refractivity contribution in [3.8, 4) is 0 Å². The molecule has 2 nitrogen and oxygen atoms in total. The summed E-state index contributed by atoms with van der Waals surface area (Å²) in [5, 5.41) is 3.45. The number of allylic oxidation sites excluding steroid dienone is 2. The lowest BCUT2D eigenvalue weighted by molar-refractivity contribution is 0.489. The summed E-state index contributed by atoms with van der Waals surface area (Å²) >= 11 is 0. The highest BCUT2D eigenvalue weighted by atomic mass is 14.9. The van der Waals surface area contributed by atoms with Crippen molar-refractivity contribution in [1.82, 2.24) is 5.32 Å². The Balaban J connectivity index is 2.59. The number of hydrogen-bond acceptors (Lipinski definition) is 2. The predicted octanol–water partition coefficient (Wildman–Crippen LogP) is 4.63. The molecule has 0 saturated heterocycles. The van der Waals surface area contributed by atoms with E-state index in [0.29, 0.717) is 6.04 Å². The van der Waals surface area contributed by atoms with Gasteiger partial charge in [-0.1, -0.05) is 25.5 Å². The van der Waals surface area contributed by atoms with Crippen LogP contribution < -0.4 is 5.32 Å². The fraction of sp³-hybridized carbons (Fsp3) is 0.706. The van der Waals surface area contributed by atoms with E-state index in [2.05, 4.69) is 57.6 Å². The summed E-state index contributed by atoms with van der Waals surface area (Å²) in [5.41, 5.74) is 1.44. The van der Waals surface area contributed by atoms with Crippen molar-refractivity contribution in [2.75, 3.05) is 0 Å². The van der Waals surface area contributed by atoms with Crippen molar-refractivity contribution >= 4 is 6.21 Å². The molecule has 2 heteroatoms. The van der Waals surface area contributed by atoms with Gasteiger partial charge in [-0.25, -0.2) is 0 Å². The molecule has 0 radical (unpaired) electrons. The minimum Gasteiger partial charge on any atom is -0.386 e. The van der Waals surface area contributed by atoms with E-state index in [-0.39, 0.29) is 5.54 Å². The van der Waals surface area contributed by atoms with Crippen molar-refractivity contribution < 1.29 is 0 Å². The molecule has 0 spiro atoms. The number of nitrogens with zero attached hydrogens (tertiary/aromatic N) is 1. The molecule has 0 bridgehead atoms. The van der Waals surface area contributed by atoms with Gasteiger partial charge in [0.05, 0.1) is 6.04 Å². The maximum Gasteiger partial charge on any atom is 0.0680 e. The average Bonchev–Trinajstić information content (AvgIpc) is 2.38. The third-order valence-corrected chi connectivity index (χ3v) is 3.17. The van der Waals surface area contributed by atoms with Crippen LogP contribution in [0.25, 0.3) is 0 Å². The van der Waals surface area contributed by atoms with Crippen molar-refractivity contribution in [2.45, 2.75) is 77.8 Å². The standard InChI is InChI=1S/C17H30N2/c1-5-6-10-15(14-19-17(2,3)4)13-18-16-11-8-7-9-12-16/h8,11,13-14,16,19H,5-7,9-10,12H2,1-4H3/b15-14+,18-13?. The Hall–Kier alpha value is -1.05. The largest absolute Gasteiger partial charge is 0.386 e. The first-order chi connectivity index (χ1) is 9.01. The minimum atomic E-state index is 0.121. The second-order valence-corrected chi connectivity index (χ2v) is 6.42. The van der Waals surface area contributed by atoms with Crippen molar-refractivity contribution in [2.24, 2.45) is 4.99 Å². The molecule has 1 aliphatic rings. The third-order valence-electron chi connectivity index (χ3n) is 3.17. The first kappa shape index (κ1) is 16.0. The molecular formula is C17H30N2. The van der Waals surface area contributed by atoms with Crippen LogP contribution in [0.5, 0.6) is 0 Å². The Morgan fingerprint density at radius 1 is 1.42 bits per heavy atom. The highest BCUT2D eigenvalue weighted by Gasteiger charge is 2.07. The van der Waals surface area contributed by atoms with Gasteiger partial charge in [-0.05, 0) is 58.4 Å². The molecule has 108 valence electrons.